The quantitative estimate of drug-likeness (QED) is 0.484. The Labute approximate surface area is 193 Å². The third-order valence-corrected chi connectivity index (χ3v) is 8.42. The van der Waals surface area contributed by atoms with E-state index in [0.717, 1.165) is 40.4 Å². The molecule has 0 atom stereocenters. The molecule has 3 aromatic rings. The molecule has 1 saturated heterocycles. The predicted molar refractivity (Wildman–Crippen MR) is 129 cm³/mol. The van der Waals surface area contributed by atoms with Crippen LogP contribution in [-0.4, -0.2) is 48.3 Å². The Morgan fingerprint density at radius 3 is 2.50 bits per heavy atom. The van der Waals surface area contributed by atoms with Gasteiger partial charge in [-0.05, 0) is 59.6 Å². The average Bonchev–Trinajstić information content (AvgIpc) is 3.22. The largest absolute Gasteiger partial charge is 0.369 e. The second-order valence-electron chi connectivity index (χ2n) is 8.34. The highest BCUT2D eigenvalue weighted by Gasteiger charge is 2.29. The first-order chi connectivity index (χ1) is 15.4. The maximum absolute atomic E-state index is 12.5. The van der Waals surface area contributed by atoms with Crippen LogP contribution in [0.2, 0.25) is 0 Å². The summed E-state index contributed by atoms with van der Waals surface area (Å²) in [6.07, 6.45) is 4.15. The van der Waals surface area contributed by atoms with Gasteiger partial charge in [-0.25, -0.2) is 12.7 Å². The number of rotatable bonds is 8. The molecule has 1 amide bonds. The fraction of sp³-hybridized carbons (Fsp3) is 0.375. The maximum atomic E-state index is 12.5. The number of piperidine rings is 1. The first-order valence-corrected chi connectivity index (χ1v) is 13.0. The maximum Gasteiger partial charge on any atom is 0.221 e. The predicted octanol–water partition coefficient (Wildman–Crippen LogP) is 4.00. The molecular formula is C24H28ClN3O3S. The van der Waals surface area contributed by atoms with E-state index in [1.165, 1.54) is 5.56 Å². The Morgan fingerprint density at radius 1 is 1.12 bits per heavy atom. The molecule has 0 radical (unpaired) electrons. The zero-order valence-corrected chi connectivity index (χ0v) is 19.5. The molecule has 1 fully saturated rings. The van der Waals surface area contributed by atoms with E-state index in [1.807, 2.05) is 42.6 Å². The van der Waals surface area contributed by atoms with Crippen LogP contribution in [-0.2, 0) is 21.2 Å². The molecule has 1 aromatic heterocycles. The number of aromatic amines is 1. The zero-order chi connectivity index (χ0) is 22.7. The SMILES string of the molecule is NC(=O)Cc1cc(-c2ccccc2)cc2c(C3CCN(S(=O)(=O)CCCCl)CC3)c[nH]c12. The van der Waals surface area contributed by atoms with Crippen LogP contribution in [0.5, 0.6) is 0 Å². The fourth-order valence-electron chi connectivity index (χ4n) is 4.60. The Hall–Kier alpha value is -2.35. The number of primary amides is 1. The summed E-state index contributed by atoms with van der Waals surface area (Å²) in [6, 6.07) is 14.2. The summed E-state index contributed by atoms with van der Waals surface area (Å²) >= 11 is 5.68. The number of H-pyrrole nitrogens is 1. The second-order valence-corrected chi connectivity index (χ2v) is 10.8. The van der Waals surface area contributed by atoms with Gasteiger partial charge in [-0.2, -0.15) is 0 Å². The number of nitrogens with one attached hydrogen (secondary N) is 1. The highest BCUT2D eigenvalue weighted by Crippen LogP contribution is 2.37. The summed E-state index contributed by atoms with van der Waals surface area (Å²) in [5.74, 6) is 0.326. The number of aromatic nitrogens is 1. The van der Waals surface area contributed by atoms with E-state index in [2.05, 4.69) is 11.1 Å². The van der Waals surface area contributed by atoms with Crippen molar-refractivity contribution in [3.8, 4) is 11.1 Å². The van der Waals surface area contributed by atoms with Gasteiger partial charge in [-0.1, -0.05) is 30.3 Å². The molecule has 8 heteroatoms. The zero-order valence-electron chi connectivity index (χ0n) is 17.9. The van der Waals surface area contributed by atoms with E-state index in [9.17, 15) is 13.2 Å². The van der Waals surface area contributed by atoms with Crippen LogP contribution in [0.3, 0.4) is 0 Å². The number of amides is 1. The Kier molecular flexibility index (Phi) is 6.88. The lowest BCUT2D eigenvalue weighted by atomic mass is 9.88. The van der Waals surface area contributed by atoms with Crippen LogP contribution in [0.1, 0.15) is 36.3 Å². The number of benzene rings is 2. The van der Waals surface area contributed by atoms with Crippen molar-refractivity contribution >= 4 is 38.4 Å². The summed E-state index contributed by atoms with van der Waals surface area (Å²) in [5, 5.41) is 1.08. The lowest BCUT2D eigenvalue weighted by molar-refractivity contribution is -0.117. The van der Waals surface area contributed by atoms with E-state index < -0.39 is 10.0 Å². The van der Waals surface area contributed by atoms with Crippen molar-refractivity contribution in [2.75, 3.05) is 24.7 Å². The van der Waals surface area contributed by atoms with Crippen LogP contribution in [0, 0.1) is 0 Å². The number of hydrogen-bond acceptors (Lipinski definition) is 3. The highest BCUT2D eigenvalue weighted by molar-refractivity contribution is 7.89. The monoisotopic (exact) mass is 473 g/mol. The molecular weight excluding hydrogens is 446 g/mol. The summed E-state index contributed by atoms with van der Waals surface area (Å²) in [7, 11) is -3.25. The molecule has 0 spiro atoms. The van der Waals surface area contributed by atoms with E-state index in [4.69, 9.17) is 17.3 Å². The number of carbonyl (C=O) groups excluding carboxylic acids is 1. The van der Waals surface area contributed by atoms with Crippen molar-refractivity contribution in [2.45, 2.75) is 31.6 Å². The summed E-state index contributed by atoms with van der Waals surface area (Å²) < 4.78 is 26.6. The normalized spacial score (nSPS) is 15.9. The van der Waals surface area contributed by atoms with Gasteiger partial charge in [0, 0.05) is 36.1 Å². The standard InChI is InChI=1S/C24H28ClN3O3S/c25-9-4-12-32(30,31)28-10-7-18(8-11-28)22-16-27-24-20(15-23(26)29)13-19(14-21(22)24)17-5-2-1-3-6-17/h1-3,5-6,13-14,16,18,27H,4,7-12,15H2,(H2,26,29). The van der Waals surface area contributed by atoms with Gasteiger partial charge in [0.1, 0.15) is 0 Å². The van der Waals surface area contributed by atoms with Crippen LogP contribution < -0.4 is 5.73 Å². The molecule has 2 aromatic carbocycles. The van der Waals surface area contributed by atoms with Gasteiger partial charge >= 0.3 is 0 Å². The molecule has 4 rings (SSSR count). The van der Waals surface area contributed by atoms with Gasteiger partial charge in [0.15, 0.2) is 0 Å². The molecule has 0 bridgehead atoms. The van der Waals surface area contributed by atoms with Crippen LogP contribution in [0.15, 0.2) is 48.7 Å². The molecule has 6 nitrogen and oxygen atoms in total. The minimum Gasteiger partial charge on any atom is -0.369 e. The number of halogens is 1. The van der Waals surface area contributed by atoms with Crippen molar-refractivity contribution in [2.24, 2.45) is 5.73 Å². The van der Waals surface area contributed by atoms with Crippen molar-refractivity contribution < 1.29 is 13.2 Å². The second kappa shape index (κ2) is 9.65. The number of sulfonamides is 1. The molecule has 2 heterocycles. The Balaban J connectivity index is 1.65. The topological polar surface area (TPSA) is 96.3 Å². The third-order valence-electron chi connectivity index (χ3n) is 6.20. The molecule has 1 aliphatic heterocycles. The van der Waals surface area contributed by atoms with Gasteiger partial charge in [-0.15, -0.1) is 11.6 Å². The minimum atomic E-state index is -3.25. The van der Waals surface area contributed by atoms with Crippen molar-refractivity contribution in [3.63, 3.8) is 0 Å². The number of hydrogen-bond donors (Lipinski definition) is 2. The van der Waals surface area contributed by atoms with E-state index in [-0.39, 0.29) is 24.0 Å². The molecule has 0 aliphatic carbocycles. The smallest absolute Gasteiger partial charge is 0.221 e. The number of alkyl halides is 1. The molecule has 32 heavy (non-hydrogen) atoms. The molecule has 3 N–H and O–H groups in total. The average molecular weight is 474 g/mol. The van der Waals surface area contributed by atoms with Crippen molar-refractivity contribution in [1.82, 2.24) is 9.29 Å². The van der Waals surface area contributed by atoms with E-state index in [0.29, 0.717) is 25.4 Å². The number of nitrogens with zero attached hydrogens (tertiary/aromatic N) is 1. The molecule has 0 saturated carbocycles. The van der Waals surface area contributed by atoms with E-state index in [1.54, 1.807) is 4.31 Å². The summed E-state index contributed by atoms with van der Waals surface area (Å²) in [5.41, 5.74) is 10.6. The Bertz CT molecular complexity index is 1200. The summed E-state index contributed by atoms with van der Waals surface area (Å²) in [6.45, 7) is 1.02. The number of carbonyl (C=O) groups is 1. The lowest BCUT2D eigenvalue weighted by Gasteiger charge is -2.31. The van der Waals surface area contributed by atoms with Gasteiger partial charge in [0.05, 0.1) is 12.2 Å². The van der Waals surface area contributed by atoms with Crippen LogP contribution in [0.4, 0.5) is 0 Å². The molecule has 0 unspecified atom stereocenters. The van der Waals surface area contributed by atoms with Gasteiger partial charge in [-0.3, -0.25) is 4.79 Å². The first-order valence-electron chi connectivity index (χ1n) is 10.9. The van der Waals surface area contributed by atoms with Gasteiger partial charge in [0.2, 0.25) is 15.9 Å². The molecule has 170 valence electrons. The minimum absolute atomic E-state index is 0.102. The van der Waals surface area contributed by atoms with Crippen molar-refractivity contribution in [3.05, 3.63) is 59.8 Å². The fourth-order valence-corrected chi connectivity index (χ4v) is 6.43. The van der Waals surface area contributed by atoms with Crippen LogP contribution in [0.25, 0.3) is 22.0 Å². The summed E-state index contributed by atoms with van der Waals surface area (Å²) in [4.78, 5) is 15.1. The highest BCUT2D eigenvalue weighted by atomic mass is 35.5. The number of nitrogens with two attached hydrogens (primary N) is 1. The van der Waals surface area contributed by atoms with Gasteiger partial charge < -0.3 is 10.7 Å². The van der Waals surface area contributed by atoms with Crippen molar-refractivity contribution in [1.29, 1.82) is 0 Å². The Morgan fingerprint density at radius 2 is 1.84 bits per heavy atom. The van der Waals surface area contributed by atoms with Gasteiger partial charge in [0.25, 0.3) is 0 Å². The third kappa shape index (κ3) is 4.85. The lowest BCUT2D eigenvalue weighted by Crippen LogP contribution is -2.39. The molecule has 1 aliphatic rings. The first kappa shape index (κ1) is 22.8. The number of fused-ring (bicyclic) bond motifs is 1. The van der Waals surface area contributed by atoms with E-state index >= 15 is 0 Å². The van der Waals surface area contributed by atoms with Crippen LogP contribution >= 0.6 is 11.6 Å².